The summed E-state index contributed by atoms with van der Waals surface area (Å²) in [6.45, 7) is 11.2. The Bertz CT molecular complexity index is 615. The van der Waals surface area contributed by atoms with Crippen LogP contribution in [0.5, 0.6) is 0 Å². The molecule has 0 amide bonds. The first kappa shape index (κ1) is 27.9. The fourth-order valence-corrected chi connectivity index (χ4v) is 3.37. The molecule has 2 rings (SSSR count). The molecule has 2 N–H and O–H groups in total. The second kappa shape index (κ2) is 17.4. The van der Waals surface area contributed by atoms with Crippen molar-refractivity contribution in [1.82, 2.24) is 15.5 Å². The topological polar surface area (TPSA) is 61.4 Å². The summed E-state index contributed by atoms with van der Waals surface area (Å²) in [6, 6.07) is 7.03. The van der Waals surface area contributed by atoms with Gasteiger partial charge in [-0.15, -0.1) is 24.0 Å². The van der Waals surface area contributed by atoms with Crippen molar-refractivity contribution >= 4 is 35.6 Å². The molecule has 1 aliphatic rings. The Morgan fingerprint density at radius 2 is 1.84 bits per heavy atom. The molecular formula is C22H39FIN5O2. The molecule has 0 spiro atoms. The van der Waals surface area contributed by atoms with Gasteiger partial charge >= 0.3 is 0 Å². The van der Waals surface area contributed by atoms with Gasteiger partial charge in [-0.05, 0) is 38.4 Å². The lowest BCUT2D eigenvalue weighted by atomic mass is 10.2. The van der Waals surface area contributed by atoms with Crippen LogP contribution in [0.25, 0.3) is 0 Å². The largest absolute Gasteiger partial charge is 0.382 e. The molecule has 1 saturated heterocycles. The Hall–Kier alpha value is -1.17. The van der Waals surface area contributed by atoms with Crippen LogP contribution < -0.4 is 15.5 Å². The fraction of sp³-hybridized carbons (Fsp3) is 0.682. The highest BCUT2D eigenvalue weighted by molar-refractivity contribution is 14.0. The van der Waals surface area contributed by atoms with E-state index in [-0.39, 0.29) is 29.8 Å². The molecule has 7 nitrogen and oxygen atoms in total. The number of para-hydroxylation sites is 1. The van der Waals surface area contributed by atoms with Crippen molar-refractivity contribution in [3.63, 3.8) is 0 Å². The number of nitrogens with zero attached hydrogens (tertiary/aromatic N) is 3. The van der Waals surface area contributed by atoms with Gasteiger partial charge in [0.1, 0.15) is 5.82 Å². The molecule has 0 radical (unpaired) electrons. The van der Waals surface area contributed by atoms with Gasteiger partial charge in [-0.3, -0.25) is 9.89 Å². The van der Waals surface area contributed by atoms with Crippen molar-refractivity contribution < 1.29 is 13.9 Å². The average Bonchev–Trinajstić information content (AvgIpc) is 2.77. The second-order valence-corrected chi connectivity index (χ2v) is 7.28. The van der Waals surface area contributed by atoms with Gasteiger partial charge in [-0.1, -0.05) is 12.1 Å². The summed E-state index contributed by atoms with van der Waals surface area (Å²) < 4.78 is 24.4. The first-order chi connectivity index (χ1) is 14.7. The standard InChI is InChI=1S/C22H38FN5O2.HI/c1-3-24-22(26-11-7-17-30-19-18-29-2)25-10-6-12-27-13-15-28(16-14-27)21-9-5-4-8-20(21)23;/h4-5,8-9H,3,6-7,10-19H2,1-2H3,(H2,24,25,26);1H. The molecule has 0 saturated carbocycles. The highest BCUT2D eigenvalue weighted by Crippen LogP contribution is 2.20. The van der Waals surface area contributed by atoms with Crippen LogP contribution in [0.2, 0.25) is 0 Å². The fourth-order valence-electron chi connectivity index (χ4n) is 3.37. The van der Waals surface area contributed by atoms with Gasteiger partial charge < -0.3 is 25.0 Å². The number of rotatable bonds is 13. The van der Waals surface area contributed by atoms with E-state index in [2.05, 4.69) is 32.3 Å². The van der Waals surface area contributed by atoms with Crippen LogP contribution in [0.3, 0.4) is 0 Å². The van der Waals surface area contributed by atoms with E-state index in [9.17, 15) is 4.39 Å². The Balaban J connectivity index is 0.00000480. The molecule has 0 aromatic heterocycles. The number of aliphatic imine (C=N–C) groups is 1. The van der Waals surface area contributed by atoms with Crippen LogP contribution in [0.4, 0.5) is 10.1 Å². The van der Waals surface area contributed by atoms with Gasteiger partial charge in [0.2, 0.25) is 0 Å². The highest BCUT2D eigenvalue weighted by Gasteiger charge is 2.18. The molecule has 1 fully saturated rings. The molecule has 1 aromatic rings. The lowest BCUT2D eigenvalue weighted by molar-refractivity contribution is 0.0702. The number of benzene rings is 1. The highest BCUT2D eigenvalue weighted by atomic mass is 127. The Morgan fingerprint density at radius 1 is 1.06 bits per heavy atom. The number of methoxy groups -OCH3 is 1. The smallest absolute Gasteiger partial charge is 0.191 e. The van der Waals surface area contributed by atoms with Crippen molar-refractivity contribution in [3.8, 4) is 0 Å². The van der Waals surface area contributed by atoms with Crippen molar-refractivity contribution in [3.05, 3.63) is 30.1 Å². The van der Waals surface area contributed by atoms with Gasteiger partial charge in [-0.25, -0.2) is 4.39 Å². The Labute approximate surface area is 203 Å². The maximum absolute atomic E-state index is 13.9. The predicted octanol–water partition coefficient (Wildman–Crippen LogP) is 2.56. The zero-order valence-electron chi connectivity index (χ0n) is 18.9. The van der Waals surface area contributed by atoms with Crippen molar-refractivity contribution in [2.45, 2.75) is 19.8 Å². The van der Waals surface area contributed by atoms with E-state index in [1.807, 2.05) is 12.1 Å². The van der Waals surface area contributed by atoms with Crippen LogP contribution in [0.1, 0.15) is 19.8 Å². The predicted molar refractivity (Wildman–Crippen MR) is 136 cm³/mol. The molecular weight excluding hydrogens is 512 g/mol. The lowest BCUT2D eigenvalue weighted by Gasteiger charge is -2.36. The van der Waals surface area contributed by atoms with E-state index in [0.29, 0.717) is 19.8 Å². The maximum Gasteiger partial charge on any atom is 0.191 e. The van der Waals surface area contributed by atoms with Crippen molar-refractivity contribution in [2.24, 2.45) is 4.99 Å². The van der Waals surface area contributed by atoms with Crippen LogP contribution in [-0.4, -0.2) is 90.1 Å². The molecule has 1 heterocycles. The van der Waals surface area contributed by atoms with Crippen LogP contribution >= 0.6 is 24.0 Å². The summed E-state index contributed by atoms with van der Waals surface area (Å²) in [7, 11) is 1.67. The summed E-state index contributed by atoms with van der Waals surface area (Å²) in [4.78, 5) is 9.18. The van der Waals surface area contributed by atoms with Gasteiger partial charge in [0.05, 0.1) is 18.9 Å². The molecule has 1 aromatic carbocycles. The number of hydrogen-bond acceptors (Lipinski definition) is 5. The first-order valence-corrected chi connectivity index (χ1v) is 11.0. The Morgan fingerprint density at radius 3 is 2.55 bits per heavy atom. The molecule has 1 aliphatic heterocycles. The first-order valence-electron chi connectivity index (χ1n) is 11.0. The molecule has 0 bridgehead atoms. The molecule has 0 unspecified atom stereocenters. The SMILES string of the molecule is CCNC(=NCCCOCCOC)NCCCN1CCN(c2ccccc2F)CC1.I. The van der Waals surface area contributed by atoms with Crippen LogP contribution in [0, 0.1) is 5.82 Å². The third kappa shape index (κ3) is 11.3. The zero-order valence-corrected chi connectivity index (χ0v) is 21.3. The third-order valence-corrected chi connectivity index (χ3v) is 5.00. The Kier molecular flexibility index (Phi) is 15.6. The lowest BCUT2D eigenvalue weighted by Crippen LogP contribution is -2.47. The quantitative estimate of drug-likeness (QED) is 0.170. The van der Waals surface area contributed by atoms with Gasteiger partial charge in [0.15, 0.2) is 5.96 Å². The maximum atomic E-state index is 13.9. The summed E-state index contributed by atoms with van der Waals surface area (Å²) >= 11 is 0. The van der Waals surface area contributed by atoms with E-state index < -0.39 is 0 Å². The number of piperazine rings is 1. The zero-order chi connectivity index (χ0) is 21.4. The second-order valence-electron chi connectivity index (χ2n) is 7.28. The number of nitrogens with one attached hydrogen (secondary N) is 2. The number of anilines is 1. The normalized spacial score (nSPS) is 14.9. The van der Waals surface area contributed by atoms with E-state index >= 15 is 0 Å². The van der Waals surface area contributed by atoms with Gasteiger partial charge in [-0.2, -0.15) is 0 Å². The summed E-state index contributed by atoms with van der Waals surface area (Å²) in [5.41, 5.74) is 0.717. The minimum absolute atomic E-state index is 0. The summed E-state index contributed by atoms with van der Waals surface area (Å²) in [5, 5.41) is 6.69. The number of guanidine groups is 1. The monoisotopic (exact) mass is 551 g/mol. The minimum atomic E-state index is -0.132. The number of ether oxygens (including phenoxy) is 2. The summed E-state index contributed by atoms with van der Waals surface area (Å²) in [5.74, 6) is 0.727. The van der Waals surface area contributed by atoms with Crippen LogP contribution in [-0.2, 0) is 9.47 Å². The minimum Gasteiger partial charge on any atom is -0.382 e. The molecule has 0 atom stereocenters. The van der Waals surface area contributed by atoms with Crippen molar-refractivity contribution in [2.75, 3.05) is 84.2 Å². The summed E-state index contributed by atoms with van der Waals surface area (Å²) in [6.07, 6.45) is 1.94. The van der Waals surface area contributed by atoms with Crippen molar-refractivity contribution in [1.29, 1.82) is 0 Å². The molecule has 9 heteroatoms. The van der Waals surface area contributed by atoms with Gasteiger partial charge in [0, 0.05) is 59.5 Å². The number of halogens is 2. The van der Waals surface area contributed by atoms with E-state index in [4.69, 9.17) is 9.47 Å². The average molecular weight is 551 g/mol. The van der Waals surface area contributed by atoms with Gasteiger partial charge in [0.25, 0.3) is 0 Å². The van der Waals surface area contributed by atoms with E-state index in [1.54, 1.807) is 13.2 Å². The van der Waals surface area contributed by atoms with E-state index in [1.165, 1.54) is 6.07 Å². The van der Waals surface area contributed by atoms with E-state index in [0.717, 1.165) is 76.8 Å². The molecule has 0 aliphatic carbocycles. The molecule has 31 heavy (non-hydrogen) atoms. The van der Waals surface area contributed by atoms with Crippen LogP contribution in [0.15, 0.2) is 29.3 Å². The third-order valence-electron chi connectivity index (χ3n) is 5.00. The number of hydrogen-bond donors (Lipinski definition) is 2. The molecule has 178 valence electrons.